The molecule has 0 fully saturated rings. The summed E-state index contributed by atoms with van der Waals surface area (Å²) in [5, 5.41) is 0. The summed E-state index contributed by atoms with van der Waals surface area (Å²) in [7, 11) is 0. The number of nitrogens with zero attached hydrogens (tertiary/aromatic N) is 1. The first-order valence-corrected chi connectivity index (χ1v) is 4.76. The van der Waals surface area contributed by atoms with Crippen LogP contribution in [0.25, 0.3) is 0 Å². The van der Waals surface area contributed by atoms with E-state index in [1.54, 1.807) is 12.3 Å². The molecular formula is C8H10BrF2N3. The van der Waals surface area contributed by atoms with Gasteiger partial charge < -0.3 is 0 Å². The summed E-state index contributed by atoms with van der Waals surface area (Å²) < 4.78 is 25.4. The molecule has 6 heteroatoms. The third kappa shape index (κ3) is 3.28. The Morgan fingerprint density at radius 3 is 2.71 bits per heavy atom. The van der Waals surface area contributed by atoms with Crippen LogP contribution in [0.2, 0.25) is 0 Å². The van der Waals surface area contributed by atoms with Gasteiger partial charge in [-0.2, -0.15) is 0 Å². The average molecular weight is 266 g/mol. The fourth-order valence-corrected chi connectivity index (χ4v) is 1.45. The molecule has 0 aromatic carbocycles. The van der Waals surface area contributed by atoms with E-state index in [1.807, 2.05) is 0 Å². The van der Waals surface area contributed by atoms with Crippen molar-refractivity contribution in [2.75, 3.05) is 0 Å². The summed E-state index contributed by atoms with van der Waals surface area (Å²) in [6.07, 6.45) is 0.799. The summed E-state index contributed by atoms with van der Waals surface area (Å²) in [5.74, 6) is 5.00. The molecule has 0 spiro atoms. The highest BCUT2D eigenvalue weighted by molar-refractivity contribution is 9.10. The average Bonchev–Trinajstić information content (AvgIpc) is 2.14. The number of nitrogens with one attached hydrogen (secondary N) is 1. The van der Waals surface area contributed by atoms with E-state index in [1.165, 1.54) is 6.20 Å². The summed E-state index contributed by atoms with van der Waals surface area (Å²) in [4.78, 5) is 3.87. The van der Waals surface area contributed by atoms with E-state index in [9.17, 15) is 8.78 Å². The predicted molar refractivity (Wildman–Crippen MR) is 52.8 cm³/mol. The van der Waals surface area contributed by atoms with Crippen LogP contribution in [0.3, 0.4) is 0 Å². The Labute approximate surface area is 88.8 Å². The molecule has 0 aliphatic carbocycles. The van der Waals surface area contributed by atoms with Crippen molar-refractivity contribution in [1.82, 2.24) is 10.4 Å². The minimum absolute atomic E-state index is 0.153. The first-order valence-electron chi connectivity index (χ1n) is 3.97. The standard InChI is InChI=1S/C8H10BrF2N3/c9-6-1-5(3-13-4-6)2-7(14-12)8(10)11/h1,3-4,7-8,14H,2,12H2. The second kappa shape index (κ2) is 5.33. The molecule has 0 radical (unpaired) electrons. The second-order valence-corrected chi connectivity index (χ2v) is 3.74. The molecule has 3 N–H and O–H groups in total. The van der Waals surface area contributed by atoms with Crippen LogP contribution in [-0.2, 0) is 6.42 Å². The molecule has 0 amide bonds. The zero-order valence-corrected chi connectivity index (χ0v) is 8.84. The normalized spacial score (nSPS) is 13.2. The summed E-state index contributed by atoms with van der Waals surface area (Å²) in [6.45, 7) is 0. The molecule has 0 aliphatic heterocycles. The Morgan fingerprint density at radius 2 is 2.21 bits per heavy atom. The smallest absolute Gasteiger partial charge is 0.255 e. The molecule has 1 aromatic rings. The molecule has 3 nitrogen and oxygen atoms in total. The Balaban J connectivity index is 2.67. The maximum absolute atomic E-state index is 12.3. The number of halogens is 3. The van der Waals surface area contributed by atoms with E-state index < -0.39 is 12.5 Å². The quantitative estimate of drug-likeness (QED) is 0.641. The first-order chi connectivity index (χ1) is 6.63. The Kier molecular flexibility index (Phi) is 4.37. The first kappa shape index (κ1) is 11.5. The van der Waals surface area contributed by atoms with E-state index in [2.05, 4.69) is 26.3 Å². The molecule has 78 valence electrons. The zero-order chi connectivity index (χ0) is 10.6. The molecule has 1 heterocycles. The maximum atomic E-state index is 12.3. The van der Waals surface area contributed by atoms with Crippen molar-refractivity contribution in [2.24, 2.45) is 5.84 Å². The highest BCUT2D eigenvalue weighted by atomic mass is 79.9. The number of alkyl halides is 2. The number of rotatable bonds is 4. The molecule has 1 atom stereocenters. The van der Waals surface area contributed by atoms with Crippen molar-refractivity contribution in [1.29, 1.82) is 0 Å². The molecular weight excluding hydrogens is 256 g/mol. The van der Waals surface area contributed by atoms with Crippen molar-refractivity contribution in [3.63, 3.8) is 0 Å². The van der Waals surface area contributed by atoms with Gasteiger partial charge in [-0.05, 0) is 34.0 Å². The predicted octanol–water partition coefficient (Wildman–Crippen LogP) is 1.48. The van der Waals surface area contributed by atoms with Gasteiger partial charge in [0.05, 0.1) is 6.04 Å². The summed E-state index contributed by atoms with van der Waals surface area (Å²) in [5.41, 5.74) is 2.79. The van der Waals surface area contributed by atoms with Crippen LogP contribution in [-0.4, -0.2) is 17.5 Å². The van der Waals surface area contributed by atoms with Crippen LogP contribution in [0, 0.1) is 0 Å². The lowest BCUT2D eigenvalue weighted by molar-refractivity contribution is 0.0984. The number of pyridine rings is 1. The van der Waals surface area contributed by atoms with Crippen LogP contribution in [0.5, 0.6) is 0 Å². The lowest BCUT2D eigenvalue weighted by Crippen LogP contribution is -2.42. The van der Waals surface area contributed by atoms with E-state index >= 15 is 0 Å². The van der Waals surface area contributed by atoms with Crippen molar-refractivity contribution < 1.29 is 8.78 Å². The van der Waals surface area contributed by atoms with Crippen LogP contribution in [0.1, 0.15) is 5.56 Å². The van der Waals surface area contributed by atoms with Crippen molar-refractivity contribution in [2.45, 2.75) is 18.9 Å². The minimum Gasteiger partial charge on any atom is -0.271 e. The fourth-order valence-electron chi connectivity index (χ4n) is 1.04. The third-order valence-corrected chi connectivity index (χ3v) is 2.17. The second-order valence-electron chi connectivity index (χ2n) is 2.82. The van der Waals surface area contributed by atoms with Gasteiger partial charge in [-0.25, -0.2) is 8.78 Å². The van der Waals surface area contributed by atoms with Crippen LogP contribution in [0.4, 0.5) is 8.78 Å². The van der Waals surface area contributed by atoms with Gasteiger partial charge in [0, 0.05) is 16.9 Å². The third-order valence-electron chi connectivity index (χ3n) is 1.74. The van der Waals surface area contributed by atoms with Gasteiger partial charge >= 0.3 is 0 Å². The van der Waals surface area contributed by atoms with E-state index in [0.717, 1.165) is 4.47 Å². The molecule has 0 aliphatic rings. The molecule has 1 aromatic heterocycles. The maximum Gasteiger partial charge on any atom is 0.255 e. The number of aromatic nitrogens is 1. The summed E-state index contributed by atoms with van der Waals surface area (Å²) in [6, 6.07) is 0.700. The molecule has 0 bridgehead atoms. The van der Waals surface area contributed by atoms with Gasteiger partial charge in [0.2, 0.25) is 0 Å². The van der Waals surface area contributed by atoms with E-state index in [4.69, 9.17) is 5.84 Å². The van der Waals surface area contributed by atoms with Gasteiger partial charge in [-0.15, -0.1) is 0 Å². The fraction of sp³-hybridized carbons (Fsp3) is 0.375. The molecule has 1 rings (SSSR count). The molecule has 1 unspecified atom stereocenters. The van der Waals surface area contributed by atoms with Crippen molar-refractivity contribution in [3.05, 3.63) is 28.5 Å². The molecule has 14 heavy (non-hydrogen) atoms. The van der Waals surface area contributed by atoms with Crippen LogP contribution < -0.4 is 11.3 Å². The zero-order valence-electron chi connectivity index (χ0n) is 7.25. The number of nitrogens with two attached hydrogens (primary N) is 1. The van der Waals surface area contributed by atoms with Crippen LogP contribution >= 0.6 is 15.9 Å². The SMILES string of the molecule is NNC(Cc1cncc(Br)c1)C(F)F. The summed E-state index contributed by atoms with van der Waals surface area (Å²) >= 11 is 3.21. The van der Waals surface area contributed by atoms with Crippen molar-refractivity contribution >= 4 is 15.9 Å². The van der Waals surface area contributed by atoms with Gasteiger partial charge in [-0.1, -0.05) is 0 Å². The number of hydrazine groups is 1. The van der Waals surface area contributed by atoms with Gasteiger partial charge in [0.15, 0.2) is 0 Å². The Morgan fingerprint density at radius 1 is 1.50 bits per heavy atom. The highest BCUT2D eigenvalue weighted by Crippen LogP contribution is 2.13. The van der Waals surface area contributed by atoms with E-state index in [0.29, 0.717) is 5.56 Å². The Hall–Kier alpha value is -0.590. The van der Waals surface area contributed by atoms with Crippen molar-refractivity contribution in [3.8, 4) is 0 Å². The highest BCUT2D eigenvalue weighted by Gasteiger charge is 2.18. The molecule has 0 saturated heterocycles. The number of hydrogen-bond acceptors (Lipinski definition) is 3. The van der Waals surface area contributed by atoms with Gasteiger partial charge in [-0.3, -0.25) is 16.3 Å². The van der Waals surface area contributed by atoms with Gasteiger partial charge in [0.1, 0.15) is 0 Å². The van der Waals surface area contributed by atoms with Gasteiger partial charge in [0.25, 0.3) is 6.43 Å². The molecule has 0 saturated carbocycles. The largest absolute Gasteiger partial charge is 0.271 e. The lowest BCUT2D eigenvalue weighted by Gasteiger charge is -2.14. The lowest BCUT2D eigenvalue weighted by atomic mass is 10.1. The monoisotopic (exact) mass is 265 g/mol. The van der Waals surface area contributed by atoms with E-state index in [-0.39, 0.29) is 6.42 Å². The van der Waals surface area contributed by atoms with Crippen LogP contribution in [0.15, 0.2) is 22.9 Å². The topological polar surface area (TPSA) is 50.9 Å². The Bertz CT molecular complexity index is 296. The minimum atomic E-state index is -2.49. The number of hydrogen-bond donors (Lipinski definition) is 2.